The Bertz CT molecular complexity index is 176. The predicted molar refractivity (Wildman–Crippen MR) is 53.3 cm³/mol. The van der Waals surface area contributed by atoms with Gasteiger partial charge in [0.1, 0.15) is 0 Å². The first kappa shape index (κ1) is 12.5. The van der Waals surface area contributed by atoms with Crippen molar-refractivity contribution in [3.63, 3.8) is 0 Å². The molecule has 2 amide bonds. The third-order valence-electron chi connectivity index (χ3n) is 2.13. The fourth-order valence-corrected chi connectivity index (χ4v) is 1.38. The molecule has 1 aliphatic heterocycles. The topological polar surface area (TPSA) is 32.8 Å². The Hall–Kier alpha value is -0.480. The molecule has 1 fully saturated rings. The van der Waals surface area contributed by atoms with Gasteiger partial charge < -0.3 is 14.5 Å². The van der Waals surface area contributed by atoms with Crippen molar-refractivity contribution in [1.82, 2.24) is 9.80 Å². The lowest BCUT2D eigenvalue weighted by atomic mass is 10.3. The van der Waals surface area contributed by atoms with E-state index in [2.05, 4.69) is 0 Å². The normalized spacial score (nSPS) is 21.2. The van der Waals surface area contributed by atoms with E-state index in [4.69, 9.17) is 4.74 Å². The standard InChI is InChI=1S/C8H16N2O2.ClH/c1-9(2)8(11)10-5-4-7(6-10)12-3;/h7H,4-6H2,1-3H3;1H/t7-;/m0./s1. The third kappa shape index (κ3) is 3.04. The largest absolute Gasteiger partial charge is 0.380 e. The SMILES string of the molecule is CO[C@H]1CCN(C(=O)N(C)C)C1.Cl. The van der Waals surface area contributed by atoms with Gasteiger partial charge in [-0.1, -0.05) is 0 Å². The van der Waals surface area contributed by atoms with Crippen molar-refractivity contribution < 1.29 is 9.53 Å². The fourth-order valence-electron chi connectivity index (χ4n) is 1.38. The highest BCUT2D eigenvalue weighted by Gasteiger charge is 2.26. The lowest BCUT2D eigenvalue weighted by molar-refractivity contribution is 0.108. The minimum absolute atomic E-state index is 0. The summed E-state index contributed by atoms with van der Waals surface area (Å²) >= 11 is 0. The zero-order valence-corrected chi connectivity index (χ0v) is 9.13. The van der Waals surface area contributed by atoms with Gasteiger partial charge in [0.25, 0.3) is 0 Å². The van der Waals surface area contributed by atoms with Crippen molar-refractivity contribution >= 4 is 18.4 Å². The van der Waals surface area contributed by atoms with Crippen molar-refractivity contribution in [1.29, 1.82) is 0 Å². The van der Waals surface area contributed by atoms with Gasteiger partial charge in [0.15, 0.2) is 0 Å². The van der Waals surface area contributed by atoms with Crippen LogP contribution in [0.5, 0.6) is 0 Å². The van der Waals surface area contributed by atoms with E-state index in [-0.39, 0.29) is 24.5 Å². The number of hydrogen-bond acceptors (Lipinski definition) is 2. The number of halogens is 1. The van der Waals surface area contributed by atoms with Crippen LogP contribution in [0.25, 0.3) is 0 Å². The van der Waals surface area contributed by atoms with Crippen LogP contribution in [0, 0.1) is 0 Å². The molecule has 1 aliphatic rings. The number of amides is 2. The first-order valence-electron chi connectivity index (χ1n) is 4.14. The summed E-state index contributed by atoms with van der Waals surface area (Å²) in [4.78, 5) is 14.8. The second-order valence-corrected chi connectivity index (χ2v) is 3.27. The Morgan fingerprint density at radius 1 is 1.54 bits per heavy atom. The van der Waals surface area contributed by atoms with E-state index in [1.54, 1.807) is 26.1 Å². The minimum atomic E-state index is 0. The maximum atomic E-state index is 11.4. The molecule has 0 unspecified atom stereocenters. The summed E-state index contributed by atoms with van der Waals surface area (Å²) in [5.74, 6) is 0. The molecule has 78 valence electrons. The molecule has 0 spiro atoms. The fraction of sp³-hybridized carbons (Fsp3) is 0.875. The number of nitrogens with zero attached hydrogens (tertiary/aromatic N) is 2. The van der Waals surface area contributed by atoms with Crippen LogP contribution in [0.4, 0.5) is 4.79 Å². The molecule has 0 aromatic rings. The van der Waals surface area contributed by atoms with E-state index in [0.717, 1.165) is 19.5 Å². The number of rotatable bonds is 1. The van der Waals surface area contributed by atoms with Crippen molar-refractivity contribution in [2.45, 2.75) is 12.5 Å². The van der Waals surface area contributed by atoms with E-state index in [1.165, 1.54) is 0 Å². The molecule has 1 rings (SSSR count). The van der Waals surface area contributed by atoms with E-state index in [9.17, 15) is 4.79 Å². The number of carbonyl (C=O) groups excluding carboxylic acids is 1. The van der Waals surface area contributed by atoms with Gasteiger partial charge in [-0.25, -0.2) is 4.79 Å². The van der Waals surface area contributed by atoms with Crippen LogP contribution in [-0.2, 0) is 4.74 Å². The van der Waals surface area contributed by atoms with Gasteiger partial charge in [-0.15, -0.1) is 12.4 Å². The van der Waals surface area contributed by atoms with Crippen molar-refractivity contribution in [2.24, 2.45) is 0 Å². The summed E-state index contributed by atoms with van der Waals surface area (Å²) < 4.78 is 5.16. The van der Waals surface area contributed by atoms with Gasteiger partial charge in [0.2, 0.25) is 0 Å². The van der Waals surface area contributed by atoms with E-state index in [1.807, 2.05) is 4.90 Å². The summed E-state index contributed by atoms with van der Waals surface area (Å²) in [6, 6.07) is 0.0783. The van der Waals surface area contributed by atoms with Crippen LogP contribution in [0.2, 0.25) is 0 Å². The number of urea groups is 1. The van der Waals surface area contributed by atoms with Crippen LogP contribution in [0.1, 0.15) is 6.42 Å². The Morgan fingerprint density at radius 3 is 2.54 bits per heavy atom. The molecule has 5 heteroatoms. The molecular formula is C8H17ClN2O2. The molecule has 0 bridgehead atoms. The van der Waals surface area contributed by atoms with Gasteiger partial charge >= 0.3 is 6.03 Å². The molecule has 1 atom stereocenters. The first-order chi connectivity index (χ1) is 5.65. The van der Waals surface area contributed by atoms with E-state index >= 15 is 0 Å². The van der Waals surface area contributed by atoms with Gasteiger partial charge in [-0.05, 0) is 6.42 Å². The summed E-state index contributed by atoms with van der Waals surface area (Å²) in [5, 5.41) is 0. The second kappa shape index (κ2) is 5.29. The molecule has 13 heavy (non-hydrogen) atoms. The smallest absolute Gasteiger partial charge is 0.319 e. The first-order valence-corrected chi connectivity index (χ1v) is 4.14. The maximum Gasteiger partial charge on any atom is 0.319 e. The lowest BCUT2D eigenvalue weighted by Gasteiger charge is -2.20. The number of hydrogen-bond donors (Lipinski definition) is 0. The lowest BCUT2D eigenvalue weighted by Crippen LogP contribution is -2.38. The third-order valence-corrected chi connectivity index (χ3v) is 2.13. The van der Waals surface area contributed by atoms with E-state index in [0.29, 0.717) is 0 Å². The summed E-state index contributed by atoms with van der Waals surface area (Å²) in [7, 11) is 5.22. The molecule has 0 aromatic heterocycles. The minimum Gasteiger partial charge on any atom is -0.380 e. The molecule has 4 nitrogen and oxygen atoms in total. The van der Waals surface area contributed by atoms with Crippen molar-refractivity contribution in [2.75, 3.05) is 34.3 Å². The number of methoxy groups -OCH3 is 1. The predicted octanol–water partition coefficient (Wildman–Crippen LogP) is 0.810. The second-order valence-electron chi connectivity index (χ2n) is 3.27. The molecule has 0 radical (unpaired) electrons. The van der Waals surface area contributed by atoms with Crippen LogP contribution < -0.4 is 0 Å². The zero-order chi connectivity index (χ0) is 9.14. The number of likely N-dealkylation sites (tertiary alicyclic amines) is 1. The van der Waals surface area contributed by atoms with Crippen LogP contribution in [-0.4, -0.2) is 56.2 Å². The van der Waals surface area contributed by atoms with Gasteiger partial charge in [0, 0.05) is 34.3 Å². The van der Waals surface area contributed by atoms with Crippen LogP contribution in [0.15, 0.2) is 0 Å². The zero-order valence-electron chi connectivity index (χ0n) is 8.32. The highest BCUT2D eigenvalue weighted by molar-refractivity contribution is 5.85. The Labute approximate surface area is 85.2 Å². The van der Waals surface area contributed by atoms with Gasteiger partial charge in [-0.3, -0.25) is 0 Å². The Morgan fingerprint density at radius 2 is 2.15 bits per heavy atom. The average molecular weight is 209 g/mol. The van der Waals surface area contributed by atoms with Crippen LogP contribution >= 0.6 is 12.4 Å². The highest BCUT2D eigenvalue weighted by Crippen LogP contribution is 2.12. The van der Waals surface area contributed by atoms with Crippen molar-refractivity contribution in [3.05, 3.63) is 0 Å². The molecule has 0 aromatic carbocycles. The van der Waals surface area contributed by atoms with E-state index < -0.39 is 0 Å². The summed E-state index contributed by atoms with van der Waals surface area (Å²) in [6.07, 6.45) is 1.18. The molecule has 1 saturated heterocycles. The monoisotopic (exact) mass is 208 g/mol. The maximum absolute atomic E-state index is 11.4. The Balaban J connectivity index is 0.00000144. The molecule has 0 saturated carbocycles. The summed E-state index contributed by atoms with van der Waals surface area (Å²) in [6.45, 7) is 1.54. The van der Waals surface area contributed by atoms with Crippen molar-refractivity contribution in [3.8, 4) is 0 Å². The van der Waals surface area contributed by atoms with Gasteiger partial charge in [0.05, 0.1) is 6.10 Å². The van der Waals surface area contributed by atoms with Gasteiger partial charge in [-0.2, -0.15) is 0 Å². The number of carbonyl (C=O) groups is 1. The molecule has 0 N–H and O–H groups in total. The quantitative estimate of drug-likeness (QED) is 0.639. The highest BCUT2D eigenvalue weighted by atomic mass is 35.5. The Kier molecular flexibility index (Phi) is 5.10. The van der Waals surface area contributed by atoms with Crippen LogP contribution in [0.3, 0.4) is 0 Å². The summed E-state index contributed by atoms with van der Waals surface area (Å²) in [5.41, 5.74) is 0. The average Bonchev–Trinajstić information content (AvgIpc) is 2.50. The molecular weight excluding hydrogens is 192 g/mol. The molecule has 1 heterocycles. The number of ether oxygens (including phenoxy) is 1. The molecule has 0 aliphatic carbocycles.